The predicted molar refractivity (Wildman–Crippen MR) is 101 cm³/mol. The molecule has 9 nitrogen and oxygen atoms in total. The number of amides is 5. The van der Waals surface area contributed by atoms with E-state index in [9.17, 15) is 24.0 Å². The molecule has 2 aliphatic carbocycles. The molecule has 1 saturated heterocycles. The molecule has 2 N–H and O–H groups in total. The van der Waals surface area contributed by atoms with Gasteiger partial charge in [-0.15, -0.1) is 0 Å². The van der Waals surface area contributed by atoms with Crippen molar-refractivity contribution in [3.8, 4) is 0 Å². The summed E-state index contributed by atoms with van der Waals surface area (Å²) in [6.07, 6.45) is 5.88. The molecular formula is C20H29N3O6. The van der Waals surface area contributed by atoms with Gasteiger partial charge in [0.25, 0.3) is 5.91 Å². The minimum Gasteiger partial charge on any atom is -0.452 e. The summed E-state index contributed by atoms with van der Waals surface area (Å²) in [7, 11) is 0. The first-order valence-corrected chi connectivity index (χ1v) is 10.5. The summed E-state index contributed by atoms with van der Waals surface area (Å²) in [5.74, 6) is -2.33. The van der Waals surface area contributed by atoms with Crippen LogP contribution in [0.1, 0.15) is 64.7 Å². The molecule has 2 saturated carbocycles. The topological polar surface area (TPSA) is 122 Å². The number of hydrogen-bond donors (Lipinski definition) is 2. The van der Waals surface area contributed by atoms with Gasteiger partial charge in [0, 0.05) is 12.6 Å². The lowest BCUT2D eigenvalue weighted by Crippen LogP contribution is -2.47. The normalized spacial score (nSPS) is 25.5. The molecular weight excluding hydrogens is 378 g/mol. The number of fused-ring (bicyclic) bond motifs is 1. The maximum Gasteiger partial charge on any atom is 0.321 e. The molecule has 5 amide bonds. The number of nitrogens with one attached hydrogen (secondary N) is 2. The molecule has 3 fully saturated rings. The minimum atomic E-state index is -1.15. The molecule has 0 bridgehead atoms. The molecule has 9 heteroatoms. The third-order valence-corrected chi connectivity index (χ3v) is 6.08. The predicted octanol–water partition coefficient (Wildman–Crippen LogP) is 1.25. The van der Waals surface area contributed by atoms with Gasteiger partial charge in [0.15, 0.2) is 6.10 Å². The van der Waals surface area contributed by atoms with E-state index in [1.54, 1.807) is 0 Å². The number of hydrogen-bond acceptors (Lipinski definition) is 6. The zero-order valence-electron chi connectivity index (χ0n) is 16.8. The van der Waals surface area contributed by atoms with E-state index in [4.69, 9.17) is 4.74 Å². The Balaban J connectivity index is 1.40. The number of esters is 1. The average Bonchev–Trinajstić information content (AvgIpc) is 3.27. The Morgan fingerprint density at radius 1 is 1.00 bits per heavy atom. The first kappa shape index (κ1) is 21.3. The van der Waals surface area contributed by atoms with Crippen molar-refractivity contribution in [3.05, 3.63) is 0 Å². The van der Waals surface area contributed by atoms with Crippen molar-refractivity contribution >= 4 is 29.7 Å². The van der Waals surface area contributed by atoms with Gasteiger partial charge in [-0.05, 0) is 32.6 Å². The van der Waals surface area contributed by atoms with Crippen LogP contribution in [-0.4, -0.2) is 53.3 Å². The third kappa shape index (κ3) is 5.13. The summed E-state index contributed by atoms with van der Waals surface area (Å²) < 4.78 is 5.05. The molecule has 3 atom stereocenters. The second-order valence-corrected chi connectivity index (χ2v) is 8.15. The highest BCUT2D eigenvalue weighted by Gasteiger charge is 2.47. The Morgan fingerprint density at radius 3 is 2.14 bits per heavy atom. The summed E-state index contributed by atoms with van der Waals surface area (Å²) in [6.45, 7) is 1.33. The van der Waals surface area contributed by atoms with Gasteiger partial charge >= 0.3 is 12.0 Å². The number of urea groups is 1. The van der Waals surface area contributed by atoms with Gasteiger partial charge in [0.2, 0.25) is 11.8 Å². The Morgan fingerprint density at radius 2 is 1.55 bits per heavy atom. The number of nitrogens with zero attached hydrogens (tertiary/aromatic N) is 1. The van der Waals surface area contributed by atoms with Gasteiger partial charge in [-0.1, -0.05) is 25.7 Å². The van der Waals surface area contributed by atoms with Crippen molar-refractivity contribution in [2.45, 2.75) is 76.9 Å². The molecule has 1 aliphatic heterocycles. The largest absolute Gasteiger partial charge is 0.452 e. The van der Waals surface area contributed by atoms with Crippen LogP contribution in [0.4, 0.5) is 4.79 Å². The molecule has 0 aromatic carbocycles. The maximum absolute atomic E-state index is 12.4. The van der Waals surface area contributed by atoms with Crippen LogP contribution in [0.15, 0.2) is 0 Å². The standard InChI is InChI=1S/C20H29N3O6/c1-12(17(25)22-20(28)21-13-6-2-3-7-13)29-16(24)10-11-23-18(26)14-8-4-5-9-15(14)19(23)27/h12-15H,2-11H2,1H3,(H2,21,22,25,28)/t12-,14-,15+/m0/s1. The van der Waals surface area contributed by atoms with E-state index in [1.165, 1.54) is 6.92 Å². The quantitative estimate of drug-likeness (QED) is 0.505. The zero-order chi connectivity index (χ0) is 21.0. The van der Waals surface area contributed by atoms with Crippen LogP contribution in [0.2, 0.25) is 0 Å². The van der Waals surface area contributed by atoms with Gasteiger partial charge < -0.3 is 10.1 Å². The van der Waals surface area contributed by atoms with Crippen molar-refractivity contribution in [1.29, 1.82) is 0 Å². The summed E-state index contributed by atoms with van der Waals surface area (Å²) in [4.78, 5) is 61.9. The highest BCUT2D eigenvalue weighted by molar-refractivity contribution is 6.05. The number of carbonyl (C=O) groups excluding carboxylic acids is 5. The van der Waals surface area contributed by atoms with Crippen LogP contribution in [0.5, 0.6) is 0 Å². The number of likely N-dealkylation sites (tertiary alicyclic amines) is 1. The van der Waals surface area contributed by atoms with E-state index in [-0.39, 0.29) is 42.7 Å². The summed E-state index contributed by atoms with van der Waals surface area (Å²) in [5.41, 5.74) is 0. The monoisotopic (exact) mass is 407 g/mol. The molecule has 0 radical (unpaired) electrons. The van der Waals surface area contributed by atoms with Crippen LogP contribution >= 0.6 is 0 Å². The van der Waals surface area contributed by atoms with Crippen LogP contribution in [0.3, 0.4) is 0 Å². The second kappa shape index (κ2) is 9.37. The van der Waals surface area contributed by atoms with Crippen molar-refractivity contribution < 1.29 is 28.7 Å². The van der Waals surface area contributed by atoms with E-state index in [0.717, 1.165) is 56.3 Å². The fraction of sp³-hybridized carbons (Fsp3) is 0.750. The molecule has 0 spiro atoms. The smallest absolute Gasteiger partial charge is 0.321 e. The van der Waals surface area contributed by atoms with Gasteiger partial charge in [-0.25, -0.2) is 4.79 Å². The van der Waals surface area contributed by atoms with Crippen LogP contribution in [0, 0.1) is 11.8 Å². The Bertz CT molecular complexity index is 664. The molecule has 3 aliphatic rings. The van der Waals surface area contributed by atoms with E-state index in [1.807, 2.05) is 0 Å². The number of imide groups is 2. The average molecular weight is 407 g/mol. The first-order valence-electron chi connectivity index (χ1n) is 10.5. The first-order chi connectivity index (χ1) is 13.9. The zero-order valence-corrected chi connectivity index (χ0v) is 16.8. The Kier molecular flexibility index (Phi) is 6.87. The summed E-state index contributed by atoms with van der Waals surface area (Å²) in [5, 5.41) is 4.89. The number of carbonyl (C=O) groups is 5. The molecule has 0 aromatic rings. The van der Waals surface area contributed by atoms with Crippen molar-refractivity contribution in [2.75, 3.05) is 6.54 Å². The lowest BCUT2D eigenvalue weighted by Gasteiger charge is -2.19. The SMILES string of the molecule is C[C@H](OC(=O)CCN1C(=O)[C@H]2CCCC[C@H]2C1=O)C(=O)NC(=O)NC1CCCC1. The van der Waals surface area contributed by atoms with Gasteiger partial charge in [-0.3, -0.25) is 29.4 Å². The molecule has 3 rings (SSSR count). The highest BCUT2D eigenvalue weighted by atomic mass is 16.5. The van der Waals surface area contributed by atoms with Crippen molar-refractivity contribution in [2.24, 2.45) is 11.8 Å². The van der Waals surface area contributed by atoms with E-state index in [2.05, 4.69) is 10.6 Å². The van der Waals surface area contributed by atoms with Gasteiger partial charge in [0.1, 0.15) is 0 Å². The highest BCUT2D eigenvalue weighted by Crippen LogP contribution is 2.37. The maximum atomic E-state index is 12.4. The van der Waals surface area contributed by atoms with Crippen molar-refractivity contribution in [3.63, 3.8) is 0 Å². The molecule has 1 heterocycles. The summed E-state index contributed by atoms with van der Waals surface area (Å²) in [6, 6.07) is -0.527. The van der Waals surface area contributed by atoms with E-state index in [0.29, 0.717) is 0 Å². The fourth-order valence-corrected chi connectivity index (χ4v) is 4.47. The van der Waals surface area contributed by atoms with Crippen LogP contribution in [0.25, 0.3) is 0 Å². The van der Waals surface area contributed by atoms with Gasteiger partial charge in [-0.2, -0.15) is 0 Å². The molecule has 0 unspecified atom stereocenters. The van der Waals surface area contributed by atoms with Crippen LogP contribution < -0.4 is 10.6 Å². The number of rotatable bonds is 6. The molecule has 29 heavy (non-hydrogen) atoms. The van der Waals surface area contributed by atoms with Crippen LogP contribution in [-0.2, 0) is 23.9 Å². The molecule has 0 aromatic heterocycles. The number of ether oxygens (including phenoxy) is 1. The third-order valence-electron chi connectivity index (χ3n) is 6.08. The molecule has 160 valence electrons. The van der Waals surface area contributed by atoms with Gasteiger partial charge in [0.05, 0.1) is 18.3 Å². The summed E-state index contributed by atoms with van der Waals surface area (Å²) >= 11 is 0. The van der Waals surface area contributed by atoms with E-state index >= 15 is 0 Å². The lowest BCUT2D eigenvalue weighted by molar-refractivity contribution is -0.155. The fourth-order valence-electron chi connectivity index (χ4n) is 4.47. The lowest BCUT2D eigenvalue weighted by atomic mass is 9.81. The Hall–Kier alpha value is -2.45. The van der Waals surface area contributed by atoms with E-state index < -0.39 is 24.0 Å². The van der Waals surface area contributed by atoms with Crippen molar-refractivity contribution in [1.82, 2.24) is 15.5 Å². The minimum absolute atomic E-state index is 0.0417. The Labute approximate surface area is 169 Å². The second-order valence-electron chi connectivity index (χ2n) is 8.15.